The van der Waals surface area contributed by atoms with E-state index in [0.29, 0.717) is 5.02 Å². The number of anilines is 1. The van der Waals surface area contributed by atoms with Gasteiger partial charge in [0.15, 0.2) is 0 Å². The number of halogens is 1. The van der Waals surface area contributed by atoms with Crippen molar-refractivity contribution in [3.05, 3.63) is 23.2 Å². The van der Waals surface area contributed by atoms with Gasteiger partial charge in [0.2, 0.25) is 0 Å². The van der Waals surface area contributed by atoms with E-state index in [1.54, 1.807) is 7.11 Å². The van der Waals surface area contributed by atoms with Gasteiger partial charge < -0.3 is 15.4 Å². The molecule has 0 aromatic heterocycles. The van der Waals surface area contributed by atoms with Crippen LogP contribution in [0.5, 0.6) is 5.75 Å². The van der Waals surface area contributed by atoms with E-state index in [2.05, 4.69) is 15.5 Å². The van der Waals surface area contributed by atoms with E-state index in [1.807, 2.05) is 18.2 Å². The van der Waals surface area contributed by atoms with E-state index in [1.165, 1.54) is 0 Å². The maximum Gasteiger partial charge on any atom is 0.120 e. The predicted octanol–water partition coefficient (Wildman–Crippen LogP) is 1.67. The minimum Gasteiger partial charge on any atom is -0.497 e. The lowest BCUT2D eigenvalue weighted by molar-refractivity contribution is 0.249. The fourth-order valence-electron chi connectivity index (χ4n) is 2.05. The van der Waals surface area contributed by atoms with E-state index >= 15 is 0 Å². The van der Waals surface area contributed by atoms with Crippen molar-refractivity contribution in [2.75, 3.05) is 51.7 Å². The van der Waals surface area contributed by atoms with Gasteiger partial charge in [-0.3, -0.25) is 4.90 Å². The number of hydrogen-bond acceptors (Lipinski definition) is 4. The Bertz CT molecular complexity index is 380. The first-order valence-corrected chi connectivity index (χ1v) is 6.68. The Morgan fingerprint density at radius 2 is 2.17 bits per heavy atom. The van der Waals surface area contributed by atoms with Crippen LogP contribution in [0.3, 0.4) is 0 Å². The van der Waals surface area contributed by atoms with E-state index in [0.717, 1.165) is 50.7 Å². The molecule has 0 aliphatic carbocycles. The molecule has 1 heterocycles. The number of nitrogens with zero attached hydrogens (tertiary/aromatic N) is 1. The highest BCUT2D eigenvalue weighted by molar-refractivity contribution is 6.33. The second-order valence-corrected chi connectivity index (χ2v) is 4.77. The van der Waals surface area contributed by atoms with Crippen LogP contribution in [0.25, 0.3) is 0 Å². The van der Waals surface area contributed by atoms with Crippen molar-refractivity contribution in [1.29, 1.82) is 0 Å². The molecule has 1 aromatic rings. The minimum absolute atomic E-state index is 0.703. The normalized spacial score (nSPS) is 16.6. The third kappa shape index (κ3) is 3.77. The van der Waals surface area contributed by atoms with Gasteiger partial charge in [0, 0.05) is 45.3 Å². The lowest BCUT2D eigenvalue weighted by atomic mass is 10.3. The molecule has 0 radical (unpaired) electrons. The van der Waals surface area contributed by atoms with Crippen LogP contribution in [0.1, 0.15) is 0 Å². The predicted molar refractivity (Wildman–Crippen MR) is 75.8 cm³/mol. The van der Waals surface area contributed by atoms with E-state index in [-0.39, 0.29) is 0 Å². The summed E-state index contributed by atoms with van der Waals surface area (Å²) >= 11 is 6.16. The largest absolute Gasteiger partial charge is 0.497 e. The van der Waals surface area contributed by atoms with Crippen molar-refractivity contribution < 1.29 is 4.74 Å². The SMILES string of the molecule is COc1ccc(NCCN2CCNCC2)c(Cl)c1. The lowest BCUT2D eigenvalue weighted by Crippen LogP contribution is -2.45. The molecule has 0 amide bonds. The molecule has 0 spiro atoms. The molecule has 5 heteroatoms. The first kappa shape index (κ1) is 13.5. The highest BCUT2D eigenvalue weighted by Crippen LogP contribution is 2.26. The number of hydrogen-bond donors (Lipinski definition) is 2. The molecule has 1 saturated heterocycles. The molecule has 1 aliphatic rings. The molecule has 1 aromatic carbocycles. The third-order valence-electron chi connectivity index (χ3n) is 3.13. The van der Waals surface area contributed by atoms with Crippen LogP contribution >= 0.6 is 11.6 Å². The standard InChI is InChI=1S/C13H20ClN3O/c1-18-11-2-3-13(12(14)10-11)16-6-9-17-7-4-15-5-8-17/h2-3,10,15-16H,4-9H2,1H3. The molecular weight excluding hydrogens is 250 g/mol. The summed E-state index contributed by atoms with van der Waals surface area (Å²) in [5, 5.41) is 7.41. The maximum absolute atomic E-state index is 6.16. The van der Waals surface area contributed by atoms with E-state index in [4.69, 9.17) is 16.3 Å². The molecule has 0 saturated carbocycles. The van der Waals surface area contributed by atoms with Crippen molar-refractivity contribution in [3.63, 3.8) is 0 Å². The second kappa shape index (κ2) is 6.83. The molecular formula is C13H20ClN3O. The summed E-state index contributed by atoms with van der Waals surface area (Å²) < 4.78 is 5.12. The summed E-state index contributed by atoms with van der Waals surface area (Å²) in [6, 6.07) is 5.70. The molecule has 100 valence electrons. The van der Waals surface area contributed by atoms with Crippen LogP contribution in [-0.2, 0) is 0 Å². The first-order valence-electron chi connectivity index (χ1n) is 6.30. The van der Waals surface area contributed by atoms with Gasteiger partial charge in [-0.2, -0.15) is 0 Å². The zero-order valence-corrected chi connectivity index (χ0v) is 11.5. The summed E-state index contributed by atoms with van der Waals surface area (Å²) in [6.45, 7) is 6.37. The number of methoxy groups -OCH3 is 1. The van der Waals surface area contributed by atoms with Gasteiger partial charge in [-0.05, 0) is 12.1 Å². The number of piperazine rings is 1. The van der Waals surface area contributed by atoms with Crippen molar-refractivity contribution in [1.82, 2.24) is 10.2 Å². The monoisotopic (exact) mass is 269 g/mol. The van der Waals surface area contributed by atoms with Gasteiger partial charge in [0.25, 0.3) is 0 Å². The zero-order chi connectivity index (χ0) is 12.8. The van der Waals surface area contributed by atoms with Gasteiger partial charge in [0.1, 0.15) is 5.75 Å². The Morgan fingerprint density at radius 1 is 1.39 bits per heavy atom. The summed E-state index contributed by atoms with van der Waals surface area (Å²) in [6.07, 6.45) is 0. The van der Waals surface area contributed by atoms with Crippen molar-refractivity contribution in [2.24, 2.45) is 0 Å². The topological polar surface area (TPSA) is 36.5 Å². The van der Waals surface area contributed by atoms with Crippen LogP contribution < -0.4 is 15.4 Å². The maximum atomic E-state index is 6.16. The van der Waals surface area contributed by atoms with E-state index in [9.17, 15) is 0 Å². The number of nitrogens with one attached hydrogen (secondary N) is 2. The Morgan fingerprint density at radius 3 is 2.83 bits per heavy atom. The van der Waals surface area contributed by atoms with Gasteiger partial charge in [0.05, 0.1) is 17.8 Å². The second-order valence-electron chi connectivity index (χ2n) is 4.36. The molecule has 0 atom stereocenters. The van der Waals surface area contributed by atoms with Crippen LogP contribution in [0.4, 0.5) is 5.69 Å². The Hall–Kier alpha value is -0.970. The Kier molecular flexibility index (Phi) is 5.11. The molecule has 18 heavy (non-hydrogen) atoms. The van der Waals surface area contributed by atoms with Gasteiger partial charge >= 0.3 is 0 Å². The molecule has 0 unspecified atom stereocenters. The highest BCUT2D eigenvalue weighted by Gasteiger charge is 2.08. The quantitative estimate of drug-likeness (QED) is 0.853. The average Bonchev–Trinajstić information content (AvgIpc) is 2.42. The zero-order valence-electron chi connectivity index (χ0n) is 10.7. The molecule has 0 bridgehead atoms. The van der Waals surface area contributed by atoms with Gasteiger partial charge in [-0.25, -0.2) is 0 Å². The van der Waals surface area contributed by atoms with Crippen LogP contribution in [0.2, 0.25) is 5.02 Å². The summed E-state index contributed by atoms with van der Waals surface area (Å²) in [4.78, 5) is 2.45. The molecule has 4 nitrogen and oxygen atoms in total. The smallest absolute Gasteiger partial charge is 0.120 e. The van der Waals surface area contributed by atoms with Crippen LogP contribution in [0, 0.1) is 0 Å². The summed E-state index contributed by atoms with van der Waals surface area (Å²) in [7, 11) is 1.64. The van der Waals surface area contributed by atoms with Crippen molar-refractivity contribution >= 4 is 17.3 Å². The molecule has 2 rings (SSSR count). The van der Waals surface area contributed by atoms with Crippen molar-refractivity contribution in [3.8, 4) is 5.75 Å². The number of rotatable bonds is 5. The van der Waals surface area contributed by atoms with E-state index < -0.39 is 0 Å². The average molecular weight is 270 g/mol. The van der Waals surface area contributed by atoms with Gasteiger partial charge in [-0.15, -0.1) is 0 Å². The fraction of sp³-hybridized carbons (Fsp3) is 0.538. The lowest BCUT2D eigenvalue weighted by Gasteiger charge is -2.27. The number of benzene rings is 1. The van der Waals surface area contributed by atoms with Crippen molar-refractivity contribution in [2.45, 2.75) is 0 Å². The number of ether oxygens (including phenoxy) is 1. The van der Waals surface area contributed by atoms with Crippen LogP contribution in [-0.4, -0.2) is 51.3 Å². The molecule has 1 fully saturated rings. The Balaban J connectivity index is 1.79. The fourth-order valence-corrected chi connectivity index (χ4v) is 2.29. The molecule has 1 aliphatic heterocycles. The van der Waals surface area contributed by atoms with Gasteiger partial charge in [-0.1, -0.05) is 11.6 Å². The minimum atomic E-state index is 0.703. The Labute approximate surface area is 113 Å². The van der Waals surface area contributed by atoms with Crippen LogP contribution in [0.15, 0.2) is 18.2 Å². The molecule has 2 N–H and O–H groups in total. The first-order chi connectivity index (χ1) is 8.79. The third-order valence-corrected chi connectivity index (χ3v) is 3.44. The highest BCUT2D eigenvalue weighted by atomic mass is 35.5. The summed E-state index contributed by atoms with van der Waals surface area (Å²) in [5.74, 6) is 0.785. The summed E-state index contributed by atoms with van der Waals surface area (Å²) in [5.41, 5.74) is 0.965.